The Hall–Kier alpha value is -4.70. The minimum Gasteiger partial charge on any atom is -0.497 e. The molecule has 1 N–H and O–H groups in total. The maximum atomic E-state index is 14.0. The Kier molecular flexibility index (Phi) is 7.51. The minimum atomic E-state index is -0.983. The number of benzene rings is 2. The van der Waals surface area contributed by atoms with E-state index in [9.17, 15) is 19.5 Å². The van der Waals surface area contributed by atoms with Gasteiger partial charge in [-0.05, 0) is 87.4 Å². The molecule has 10 heteroatoms. The van der Waals surface area contributed by atoms with Crippen molar-refractivity contribution in [3.05, 3.63) is 114 Å². The van der Waals surface area contributed by atoms with Crippen molar-refractivity contribution in [2.45, 2.75) is 33.7 Å². The SMILES string of the molecule is CCOC(=O)C1=C(C)N=c2sc(=Cc3cc(C)n(-c4ccc(C(=O)O)cc4)c3C)c(=O)n2[C@@H]1c1ccc(OC)cc1. The number of allylic oxidation sites excluding steroid dienone is 1. The number of ether oxygens (including phenoxy) is 2. The molecular formula is C31H29N3O6S. The standard InChI is InChI=1S/C31H29N3O6S/c1-6-40-30(38)26-18(3)32-31-34(27(26)20-9-13-24(39-5)14-10-20)28(35)25(41-31)16-22-15-17(2)33(19(22)4)23-11-7-21(8-12-23)29(36)37/h7-16,27H,6H2,1-5H3,(H,36,37)/t27-/m1/s1. The number of hydrogen-bond acceptors (Lipinski definition) is 7. The molecule has 210 valence electrons. The number of esters is 1. The molecule has 2 aromatic carbocycles. The third-order valence-corrected chi connectivity index (χ3v) is 8.06. The lowest BCUT2D eigenvalue weighted by molar-refractivity contribution is -0.139. The van der Waals surface area contributed by atoms with Crippen molar-refractivity contribution in [3.63, 3.8) is 0 Å². The molecule has 2 aromatic heterocycles. The van der Waals surface area contributed by atoms with Gasteiger partial charge < -0.3 is 19.1 Å². The van der Waals surface area contributed by atoms with E-state index in [1.54, 1.807) is 61.9 Å². The number of fused-ring (bicyclic) bond motifs is 1. The van der Waals surface area contributed by atoms with E-state index in [0.29, 0.717) is 26.4 Å². The molecule has 1 aliphatic heterocycles. The average molecular weight is 572 g/mol. The van der Waals surface area contributed by atoms with Gasteiger partial charge in [0.05, 0.1) is 41.1 Å². The van der Waals surface area contributed by atoms with Gasteiger partial charge in [0, 0.05) is 17.1 Å². The Morgan fingerprint density at radius 1 is 1.07 bits per heavy atom. The van der Waals surface area contributed by atoms with Gasteiger partial charge in [-0.1, -0.05) is 23.5 Å². The van der Waals surface area contributed by atoms with Gasteiger partial charge in [0.25, 0.3) is 5.56 Å². The van der Waals surface area contributed by atoms with Crippen LogP contribution in [0.1, 0.15) is 52.8 Å². The Balaban J connectivity index is 1.65. The van der Waals surface area contributed by atoms with E-state index in [0.717, 1.165) is 28.2 Å². The first-order valence-corrected chi connectivity index (χ1v) is 13.8. The highest BCUT2D eigenvalue weighted by Gasteiger charge is 2.33. The normalized spacial score (nSPS) is 15.0. The molecule has 0 radical (unpaired) electrons. The van der Waals surface area contributed by atoms with E-state index < -0.39 is 18.0 Å². The number of aryl methyl sites for hydroxylation is 1. The number of carbonyl (C=O) groups excluding carboxylic acids is 1. The lowest BCUT2D eigenvalue weighted by Crippen LogP contribution is -2.39. The first kappa shape index (κ1) is 27.9. The summed E-state index contributed by atoms with van der Waals surface area (Å²) in [5.41, 5.74) is 4.99. The smallest absolute Gasteiger partial charge is 0.338 e. The summed E-state index contributed by atoms with van der Waals surface area (Å²) in [6.45, 7) is 7.59. The second-order valence-electron chi connectivity index (χ2n) is 9.59. The summed E-state index contributed by atoms with van der Waals surface area (Å²) >= 11 is 1.26. The molecule has 3 heterocycles. The number of carboxylic acid groups (broad SMARTS) is 1. The number of aromatic nitrogens is 2. The van der Waals surface area contributed by atoms with Crippen molar-refractivity contribution in [1.82, 2.24) is 9.13 Å². The van der Waals surface area contributed by atoms with Gasteiger partial charge >= 0.3 is 11.9 Å². The molecule has 0 saturated heterocycles. The number of carbonyl (C=O) groups is 2. The highest BCUT2D eigenvalue weighted by Crippen LogP contribution is 2.31. The average Bonchev–Trinajstić information content (AvgIpc) is 3.41. The van der Waals surface area contributed by atoms with Crippen LogP contribution in [0.5, 0.6) is 5.75 Å². The fourth-order valence-electron chi connectivity index (χ4n) is 5.12. The molecule has 1 atom stereocenters. The van der Waals surface area contributed by atoms with Gasteiger partial charge in [-0.2, -0.15) is 0 Å². The maximum Gasteiger partial charge on any atom is 0.338 e. The summed E-state index contributed by atoms with van der Waals surface area (Å²) in [4.78, 5) is 43.5. The molecule has 4 aromatic rings. The van der Waals surface area contributed by atoms with E-state index in [1.807, 2.05) is 42.7 Å². The predicted molar refractivity (Wildman–Crippen MR) is 156 cm³/mol. The van der Waals surface area contributed by atoms with Crippen LogP contribution in [0.2, 0.25) is 0 Å². The molecule has 0 aliphatic carbocycles. The molecule has 0 saturated carbocycles. The van der Waals surface area contributed by atoms with E-state index >= 15 is 0 Å². The lowest BCUT2D eigenvalue weighted by atomic mass is 9.96. The highest BCUT2D eigenvalue weighted by molar-refractivity contribution is 7.07. The Bertz CT molecular complexity index is 1880. The molecule has 9 nitrogen and oxygen atoms in total. The van der Waals surface area contributed by atoms with Crippen molar-refractivity contribution < 1.29 is 24.2 Å². The fraction of sp³-hybridized carbons (Fsp3) is 0.226. The van der Waals surface area contributed by atoms with Gasteiger partial charge in [0.15, 0.2) is 4.80 Å². The number of carboxylic acids is 1. The van der Waals surface area contributed by atoms with E-state index in [1.165, 1.54) is 11.3 Å². The van der Waals surface area contributed by atoms with Crippen molar-refractivity contribution in [2.75, 3.05) is 13.7 Å². The summed E-state index contributed by atoms with van der Waals surface area (Å²) in [6, 6.07) is 15.2. The number of rotatable bonds is 7. The van der Waals surface area contributed by atoms with Crippen LogP contribution in [0.3, 0.4) is 0 Å². The monoisotopic (exact) mass is 571 g/mol. The third-order valence-electron chi connectivity index (χ3n) is 7.08. The number of aromatic carboxylic acids is 1. The maximum absolute atomic E-state index is 14.0. The number of nitrogens with zero attached hydrogens (tertiary/aromatic N) is 3. The highest BCUT2D eigenvalue weighted by atomic mass is 32.1. The molecule has 0 fully saturated rings. The van der Waals surface area contributed by atoms with Gasteiger partial charge in [-0.3, -0.25) is 9.36 Å². The van der Waals surface area contributed by atoms with E-state index in [-0.39, 0.29) is 17.7 Å². The fourth-order valence-corrected chi connectivity index (χ4v) is 6.16. The number of hydrogen-bond donors (Lipinski definition) is 1. The van der Waals surface area contributed by atoms with E-state index in [4.69, 9.17) is 9.47 Å². The topological polar surface area (TPSA) is 112 Å². The minimum absolute atomic E-state index is 0.198. The zero-order chi connectivity index (χ0) is 29.4. The largest absolute Gasteiger partial charge is 0.497 e. The first-order valence-electron chi connectivity index (χ1n) is 13.0. The molecule has 0 spiro atoms. The van der Waals surface area contributed by atoms with Crippen molar-refractivity contribution in [3.8, 4) is 11.4 Å². The Labute approximate surface area is 239 Å². The number of thiazole rings is 1. The van der Waals surface area contributed by atoms with Crippen molar-refractivity contribution in [2.24, 2.45) is 4.99 Å². The molecule has 5 rings (SSSR count). The third kappa shape index (κ3) is 5.02. The summed E-state index contributed by atoms with van der Waals surface area (Å²) < 4.78 is 14.7. The molecule has 1 aliphatic rings. The van der Waals surface area contributed by atoms with Gasteiger partial charge in [-0.15, -0.1) is 0 Å². The summed E-state index contributed by atoms with van der Waals surface area (Å²) in [6.07, 6.45) is 1.84. The second kappa shape index (κ2) is 11.1. The van der Waals surface area contributed by atoms with Crippen LogP contribution < -0.4 is 19.6 Å². The van der Waals surface area contributed by atoms with Crippen LogP contribution in [0.4, 0.5) is 0 Å². The zero-order valence-electron chi connectivity index (χ0n) is 23.3. The van der Waals surface area contributed by atoms with Crippen molar-refractivity contribution in [1.29, 1.82) is 0 Å². The second-order valence-corrected chi connectivity index (χ2v) is 10.6. The predicted octanol–water partition coefficient (Wildman–Crippen LogP) is 3.91. The quantitative estimate of drug-likeness (QED) is 0.337. The zero-order valence-corrected chi connectivity index (χ0v) is 24.1. The van der Waals surface area contributed by atoms with Crippen molar-refractivity contribution >= 4 is 29.4 Å². The van der Waals surface area contributed by atoms with E-state index in [2.05, 4.69) is 4.99 Å². The Morgan fingerprint density at radius 3 is 2.37 bits per heavy atom. The van der Waals surface area contributed by atoms with Crippen LogP contribution in [0.25, 0.3) is 11.8 Å². The van der Waals surface area contributed by atoms with Gasteiger partial charge in [-0.25, -0.2) is 14.6 Å². The lowest BCUT2D eigenvalue weighted by Gasteiger charge is -2.24. The van der Waals surface area contributed by atoms with Gasteiger partial charge in [0.2, 0.25) is 0 Å². The van der Waals surface area contributed by atoms with Crippen LogP contribution in [0, 0.1) is 13.8 Å². The number of methoxy groups -OCH3 is 1. The Morgan fingerprint density at radius 2 is 1.76 bits per heavy atom. The summed E-state index contributed by atoms with van der Waals surface area (Å²) in [5.74, 6) is -0.836. The van der Waals surface area contributed by atoms with Crippen LogP contribution >= 0.6 is 11.3 Å². The van der Waals surface area contributed by atoms with Crippen LogP contribution in [-0.4, -0.2) is 39.9 Å². The van der Waals surface area contributed by atoms with Crippen LogP contribution in [-0.2, 0) is 9.53 Å². The summed E-state index contributed by atoms with van der Waals surface area (Å²) in [5, 5.41) is 9.24. The molecular weight excluding hydrogens is 542 g/mol. The van der Waals surface area contributed by atoms with Crippen LogP contribution in [0.15, 0.2) is 75.7 Å². The molecule has 41 heavy (non-hydrogen) atoms. The molecule has 0 bridgehead atoms. The summed E-state index contributed by atoms with van der Waals surface area (Å²) in [7, 11) is 1.58. The van der Waals surface area contributed by atoms with Gasteiger partial charge in [0.1, 0.15) is 5.75 Å². The molecule has 0 unspecified atom stereocenters. The molecule has 0 amide bonds. The first-order chi connectivity index (χ1) is 19.6.